The molecule has 3 amide bonds. The smallest absolute Gasteiger partial charge is 0.327 e. The van der Waals surface area contributed by atoms with Crippen LogP contribution in [0.3, 0.4) is 0 Å². The van der Waals surface area contributed by atoms with E-state index in [0.29, 0.717) is 38.6 Å². The van der Waals surface area contributed by atoms with Crippen LogP contribution in [0.15, 0.2) is 0 Å². The molecular weight excluding hydrogens is 422 g/mol. The molecule has 11 heteroatoms. The molecule has 1 aliphatic heterocycles. The highest BCUT2D eigenvalue weighted by Crippen LogP contribution is 2.10. The predicted molar refractivity (Wildman–Crippen MR) is 121 cm³/mol. The van der Waals surface area contributed by atoms with E-state index >= 15 is 0 Å². The molecule has 0 aromatic rings. The second-order valence-corrected chi connectivity index (χ2v) is 8.63. The lowest BCUT2D eigenvalue weighted by atomic mass is 10.0. The SMILES string of the molecule is CC(C)CC(NC(=O)C(CCCCN)NC(=O)C1CCCN1)C(=O)NC(CS)C(=O)O. The van der Waals surface area contributed by atoms with Crippen LogP contribution in [0.1, 0.15) is 52.4 Å². The molecule has 0 spiro atoms. The summed E-state index contributed by atoms with van der Waals surface area (Å²) in [7, 11) is 0. The number of nitrogens with one attached hydrogen (secondary N) is 4. The predicted octanol–water partition coefficient (Wildman–Crippen LogP) is -0.618. The van der Waals surface area contributed by atoms with Gasteiger partial charge in [0.1, 0.15) is 18.1 Å². The van der Waals surface area contributed by atoms with Gasteiger partial charge >= 0.3 is 5.97 Å². The summed E-state index contributed by atoms with van der Waals surface area (Å²) in [6.45, 7) is 5.03. The quantitative estimate of drug-likeness (QED) is 0.134. The lowest BCUT2D eigenvalue weighted by molar-refractivity contribution is -0.141. The van der Waals surface area contributed by atoms with Gasteiger partial charge in [-0.25, -0.2) is 4.79 Å². The Labute approximate surface area is 189 Å². The highest BCUT2D eigenvalue weighted by Gasteiger charge is 2.31. The normalized spacial score (nSPS) is 18.8. The Morgan fingerprint density at radius 1 is 1.06 bits per heavy atom. The van der Waals surface area contributed by atoms with Crippen LogP contribution in [0.2, 0.25) is 0 Å². The molecule has 4 unspecified atom stereocenters. The average molecular weight is 460 g/mol. The standard InChI is InChI=1S/C20H37N5O5S/c1-12(2)10-15(19(28)25-16(11-31)20(29)30)24-18(27)14(6-3-4-8-21)23-17(26)13-7-5-9-22-13/h12-16,22,31H,3-11,21H2,1-2H3,(H,23,26)(H,24,27)(H,25,28)(H,29,30). The van der Waals surface area contributed by atoms with E-state index in [1.54, 1.807) is 0 Å². The Balaban J connectivity index is 2.86. The molecule has 0 aliphatic carbocycles. The first-order valence-electron chi connectivity index (χ1n) is 10.9. The molecule has 10 nitrogen and oxygen atoms in total. The third-order valence-corrected chi connectivity index (χ3v) is 5.46. The van der Waals surface area contributed by atoms with Crippen molar-refractivity contribution >= 4 is 36.3 Å². The molecule has 0 saturated carbocycles. The van der Waals surface area contributed by atoms with Gasteiger partial charge in [-0.15, -0.1) is 0 Å². The summed E-state index contributed by atoms with van der Waals surface area (Å²) in [6, 6.07) is -3.21. The summed E-state index contributed by atoms with van der Waals surface area (Å²) >= 11 is 3.95. The second kappa shape index (κ2) is 14.3. The maximum Gasteiger partial charge on any atom is 0.327 e. The number of carboxylic acid groups (broad SMARTS) is 1. The number of hydrogen-bond donors (Lipinski definition) is 7. The van der Waals surface area contributed by atoms with Crippen molar-refractivity contribution in [3.8, 4) is 0 Å². The number of aliphatic carboxylic acids is 1. The highest BCUT2D eigenvalue weighted by atomic mass is 32.1. The summed E-state index contributed by atoms with van der Waals surface area (Å²) in [5, 5.41) is 20.2. The minimum absolute atomic E-state index is 0.0725. The minimum Gasteiger partial charge on any atom is -0.480 e. The monoisotopic (exact) mass is 459 g/mol. The number of carboxylic acids is 1. The number of amides is 3. The van der Waals surface area contributed by atoms with Crippen LogP contribution in [0.25, 0.3) is 0 Å². The van der Waals surface area contributed by atoms with Crippen molar-refractivity contribution in [2.24, 2.45) is 11.7 Å². The number of rotatable bonds is 14. The topological polar surface area (TPSA) is 163 Å². The van der Waals surface area contributed by atoms with Crippen LogP contribution in [-0.4, -0.2) is 71.8 Å². The Kier molecular flexibility index (Phi) is 12.5. The van der Waals surface area contributed by atoms with E-state index in [4.69, 9.17) is 10.8 Å². The molecular formula is C20H37N5O5S. The number of carbonyl (C=O) groups excluding carboxylic acids is 3. The number of hydrogen-bond acceptors (Lipinski definition) is 7. The Hall–Kier alpha value is -1.85. The van der Waals surface area contributed by atoms with Gasteiger partial charge in [0.2, 0.25) is 17.7 Å². The molecule has 1 fully saturated rings. The van der Waals surface area contributed by atoms with E-state index in [9.17, 15) is 19.2 Å². The van der Waals surface area contributed by atoms with Gasteiger partial charge < -0.3 is 32.1 Å². The molecule has 1 aliphatic rings. The third kappa shape index (κ3) is 9.88. The van der Waals surface area contributed by atoms with Crippen molar-refractivity contribution in [2.45, 2.75) is 76.5 Å². The van der Waals surface area contributed by atoms with E-state index in [0.717, 1.165) is 13.0 Å². The third-order valence-electron chi connectivity index (χ3n) is 5.09. The molecule has 1 rings (SSSR count). The van der Waals surface area contributed by atoms with Gasteiger partial charge in [0, 0.05) is 5.75 Å². The maximum atomic E-state index is 13.0. The lowest BCUT2D eigenvalue weighted by Crippen LogP contribution is -2.57. The van der Waals surface area contributed by atoms with Crippen LogP contribution in [-0.2, 0) is 19.2 Å². The van der Waals surface area contributed by atoms with E-state index in [1.165, 1.54) is 0 Å². The van der Waals surface area contributed by atoms with Crippen molar-refractivity contribution in [3.05, 3.63) is 0 Å². The first-order valence-corrected chi connectivity index (χ1v) is 11.5. The first-order chi connectivity index (χ1) is 14.7. The van der Waals surface area contributed by atoms with E-state index in [-0.39, 0.29) is 23.6 Å². The number of thiol groups is 1. The molecule has 31 heavy (non-hydrogen) atoms. The molecule has 1 heterocycles. The summed E-state index contributed by atoms with van der Waals surface area (Å²) in [6.07, 6.45) is 3.68. The van der Waals surface area contributed by atoms with Crippen molar-refractivity contribution in [1.29, 1.82) is 0 Å². The van der Waals surface area contributed by atoms with Gasteiger partial charge in [-0.1, -0.05) is 13.8 Å². The van der Waals surface area contributed by atoms with Crippen molar-refractivity contribution < 1.29 is 24.3 Å². The van der Waals surface area contributed by atoms with Crippen molar-refractivity contribution in [3.63, 3.8) is 0 Å². The van der Waals surface area contributed by atoms with Gasteiger partial charge in [-0.05, 0) is 57.5 Å². The summed E-state index contributed by atoms with van der Waals surface area (Å²) in [5.74, 6) is -2.50. The number of nitrogens with two attached hydrogens (primary N) is 1. The molecule has 0 bridgehead atoms. The zero-order valence-corrected chi connectivity index (χ0v) is 19.2. The van der Waals surface area contributed by atoms with Gasteiger partial charge in [-0.2, -0.15) is 12.6 Å². The average Bonchev–Trinajstić information content (AvgIpc) is 3.25. The summed E-state index contributed by atoms with van der Waals surface area (Å²) in [4.78, 5) is 49.4. The van der Waals surface area contributed by atoms with E-state index in [1.807, 2.05) is 13.8 Å². The fourth-order valence-corrected chi connectivity index (χ4v) is 3.62. The molecule has 178 valence electrons. The fraction of sp³-hybridized carbons (Fsp3) is 0.800. The highest BCUT2D eigenvalue weighted by molar-refractivity contribution is 7.80. The molecule has 0 aromatic carbocycles. The van der Waals surface area contributed by atoms with Crippen LogP contribution in [0.5, 0.6) is 0 Å². The maximum absolute atomic E-state index is 13.0. The Morgan fingerprint density at radius 2 is 1.71 bits per heavy atom. The van der Waals surface area contributed by atoms with Crippen molar-refractivity contribution in [2.75, 3.05) is 18.8 Å². The van der Waals surface area contributed by atoms with Gasteiger partial charge in [-0.3, -0.25) is 14.4 Å². The zero-order chi connectivity index (χ0) is 23.4. The van der Waals surface area contributed by atoms with Crippen LogP contribution in [0, 0.1) is 5.92 Å². The minimum atomic E-state index is -1.20. The fourth-order valence-electron chi connectivity index (χ4n) is 3.38. The largest absolute Gasteiger partial charge is 0.480 e. The lowest BCUT2D eigenvalue weighted by Gasteiger charge is -2.26. The zero-order valence-electron chi connectivity index (χ0n) is 18.4. The molecule has 4 atom stereocenters. The van der Waals surface area contributed by atoms with E-state index in [2.05, 4.69) is 33.9 Å². The Morgan fingerprint density at radius 3 is 2.23 bits per heavy atom. The Bertz CT molecular complexity index is 613. The summed E-state index contributed by atoms with van der Waals surface area (Å²) in [5.41, 5.74) is 5.55. The molecule has 7 N–H and O–H groups in total. The van der Waals surface area contributed by atoms with Gasteiger partial charge in [0.05, 0.1) is 6.04 Å². The number of carbonyl (C=O) groups is 4. The van der Waals surface area contributed by atoms with Crippen LogP contribution in [0.4, 0.5) is 0 Å². The first kappa shape index (κ1) is 27.2. The number of unbranched alkanes of at least 4 members (excludes halogenated alkanes) is 1. The van der Waals surface area contributed by atoms with Crippen LogP contribution >= 0.6 is 12.6 Å². The molecule has 0 aromatic heterocycles. The summed E-state index contributed by atoms with van der Waals surface area (Å²) < 4.78 is 0. The van der Waals surface area contributed by atoms with Gasteiger partial charge in [0.15, 0.2) is 0 Å². The second-order valence-electron chi connectivity index (χ2n) is 8.27. The van der Waals surface area contributed by atoms with Crippen molar-refractivity contribution in [1.82, 2.24) is 21.3 Å². The van der Waals surface area contributed by atoms with Crippen LogP contribution < -0.4 is 27.0 Å². The van der Waals surface area contributed by atoms with Gasteiger partial charge in [0.25, 0.3) is 0 Å². The molecule has 1 saturated heterocycles. The van der Waals surface area contributed by atoms with E-state index < -0.39 is 35.9 Å². The molecule has 0 radical (unpaired) electrons.